The molecule has 1 aromatic heterocycles. The number of rotatable bonds is 0. The molecule has 0 N–H and O–H groups in total. The molecule has 40 valence electrons. The van der Waals surface area contributed by atoms with E-state index in [1.807, 2.05) is 0 Å². The van der Waals surface area contributed by atoms with Gasteiger partial charge in [-0.15, -0.1) is 30.4 Å². The van der Waals surface area contributed by atoms with Gasteiger partial charge in [-0.25, -0.2) is 0 Å². The Bertz CT molecular complexity index is 150. The summed E-state index contributed by atoms with van der Waals surface area (Å²) in [6.07, 6.45) is 0. The van der Waals surface area contributed by atoms with Gasteiger partial charge in [-0.05, 0) is 11.5 Å². The smallest absolute Gasteiger partial charge is 0.131 e. The minimum absolute atomic E-state index is 0. The Hall–Kier alpha value is 2.26. The third-order valence-electron chi connectivity index (χ3n) is 0.454. The second-order valence-electron chi connectivity index (χ2n) is 0.902. The normalized spacial score (nSPS) is 7.33. The van der Waals surface area contributed by atoms with Crippen molar-refractivity contribution in [2.45, 2.75) is 9.24 Å². The van der Waals surface area contributed by atoms with Gasteiger partial charge in [0, 0.05) is 59.1 Å². The van der Waals surface area contributed by atoms with Gasteiger partial charge in [0.05, 0.1) is 0 Å². The maximum Gasteiger partial charge on any atom is 0.142 e. The van der Waals surface area contributed by atoms with Gasteiger partial charge in [0.15, 0.2) is 0 Å². The molecule has 2 radical (unpaired) electrons. The number of hydrogen-bond donors (Lipinski definition) is 2. The standard InChI is InChI=1S/C2H2N2S3.2Na/c5-1-2(6)7-4-3-1;;/h5-6H;;. The van der Waals surface area contributed by atoms with Crippen LogP contribution in [-0.2, 0) is 0 Å². The monoisotopic (exact) mass is 196 g/mol. The van der Waals surface area contributed by atoms with Gasteiger partial charge in [-0.2, -0.15) is 0 Å². The van der Waals surface area contributed by atoms with Gasteiger partial charge in [0.25, 0.3) is 0 Å². The number of hydrogen-bond acceptors (Lipinski definition) is 5. The van der Waals surface area contributed by atoms with Crippen LogP contribution in [0.25, 0.3) is 0 Å². The van der Waals surface area contributed by atoms with Crippen molar-refractivity contribution in [1.82, 2.24) is 9.59 Å². The molecule has 0 spiro atoms. The van der Waals surface area contributed by atoms with Gasteiger partial charge in [-0.3, -0.25) is 0 Å². The van der Waals surface area contributed by atoms with E-state index in [9.17, 15) is 0 Å². The number of aromatic nitrogens is 2. The first kappa shape index (κ1) is 13.8. The molecule has 1 heterocycles. The van der Waals surface area contributed by atoms with Gasteiger partial charge in [0.2, 0.25) is 0 Å². The van der Waals surface area contributed by atoms with Crippen LogP contribution in [0.15, 0.2) is 9.24 Å². The second-order valence-corrected chi connectivity index (χ2v) is 2.83. The third-order valence-corrected chi connectivity index (χ3v) is 2.08. The fourth-order valence-electron chi connectivity index (χ4n) is 0.181. The van der Waals surface area contributed by atoms with Crippen molar-refractivity contribution in [3.05, 3.63) is 0 Å². The summed E-state index contributed by atoms with van der Waals surface area (Å²) in [4.78, 5) is 0. The predicted molar refractivity (Wildman–Crippen MR) is 45.9 cm³/mol. The van der Waals surface area contributed by atoms with Crippen LogP contribution >= 0.6 is 36.8 Å². The SMILES string of the molecule is Sc1nnsc1S.[Na].[Na]. The molecule has 2 nitrogen and oxygen atoms in total. The van der Waals surface area contributed by atoms with E-state index in [1.54, 1.807) is 0 Å². The first-order valence-electron chi connectivity index (χ1n) is 1.51. The Labute approximate surface area is 113 Å². The van der Waals surface area contributed by atoms with E-state index in [-0.39, 0.29) is 59.1 Å². The Morgan fingerprint density at radius 1 is 1.22 bits per heavy atom. The Morgan fingerprint density at radius 2 is 1.78 bits per heavy atom. The summed E-state index contributed by atoms with van der Waals surface area (Å²) in [6, 6.07) is 0. The zero-order chi connectivity index (χ0) is 5.28. The molecule has 0 atom stereocenters. The number of nitrogens with zero attached hydrogens (tertiary/aromatic N) is 2. The molecule has 1 aromatic rings. The summed E-state index contributed by atoms with van der Waals surface area (Å²) >= 11 is 9.11. The van der Waals surface area contributed by atoms with Crippen molar-refractivity contribution in [2.75, 3.05) is 0 Å². The first-order chi connectivity index (χ1) is 3.30. The second kappa shape index (κ2) is 6.94. The quantitative estimate of drug-likeness (QED) is 0.462. The molecule has 0 saturated carbocycles. The molecule has 0 bridgehead atoms. The summed E-state index contributed by atoms with van der Waals surface area (Å²) in [5.41, 5.74) is 0. The van der Waals surface area contributed by atoms with E-state index in [4.69, 9.17) is 0 Å². The topological polar surface area (TPSA) is 25.8 Å². The molecule has 0 aromatic carbocycles. The third kappa shape index (κ3) is 4.66. The average Bonchev–Trinajstić information content (AvgIpc) is 1.91. The molecular formula is C2H2N2Na2S3. The molecule has 7 heteroatoms. The van der Waals surface area contributed by atoms with Crippen LogP contribution < -0.4 is 0 Å². The Kier molecular flexibility index (Phi) is 10.7. The van der Waals surface area contributed by atoms with E-state index < -0.39 is 0 Å². The van der Waals surface area contributed by atoms with Crippen molar-refractivity contribution in [2.24, 2.45) is 0 Å². The fourth-order valence-corrected chi connectivity index (χ4v) is 0.886. The number of thiol groups is 2. The maximum absolute atomic E-state index is 3.97. The summed E-state index contributed by atoms with van der Waals surface area (Å²) in [6.45, 7) is 0. The largest absolute Gasteiger partial charge is 0.142 e. The predicted octanol–water partition coefficient (Wildman–Crippen LogP) is 0.354. The van der Waals surface area contributed by atoms with Crippen molar-refractivity contribution in [3.8, 4) is 0 Å². The van der Waals surface area contributed by atoms with Gasteiger partial charge in [-0.1, -0.05) is 4.49 Å². The van der Waals surface area contributed by atoms with Crippen LogP contribution in [0.4, 0.5) is 0 Å². The van der Waals surface area contributed by atoms with Crippen molar-refractivity contribution in [1.29, 1.82) is 0 Å². The Balaban J connectivity index is 0. The average molecular weight is 196 g/mol. The van der Waals surface area contributed by atoms with Crippen LogP contribution in [0.5, 0.6) is 0 Å². The molecule has 0 aliphatic rings. The van der Waals surface area contributed by atoms with Crippen molar-refractivity contribution < 1.29 is 0 Å². The van der Waals surface area contributed by atoms with Crippen LogP contribution in [0.1, 0.15) is 0 Å². The molecule has 1 rings (SSSR count). The zero-order valence-electron chi connectivity index (χ0n) is 5.20. The molecule has 0 aliphatic carbocycles. The summed E-state index contributed by atoms with van der Waals surface area (Å²) in [7, 11) is 0. The van der Waals surface area contributed by atoms with Crippen LogP contribution in [0.3, 0.4) is 0 Å². The molecular weight excluding hydrogens is 194 g/mol. The summed E-state index contributed by atoms with van der Waals surface area (Å²) in [5.74, 6) is 0. The Morgan fingerprint density at radius 3 is 1.89 bits per heavy atom. The van der Waals surface area contributed by atoms with Gasteiger partial charge in [0.1, 0.15) is 9.24 Å². The van der Waals surface area contributed by atoms with Crippen LogP contribution in [0, 0.1) is 0 Å². The zero-order valence-corrected chi connectivity index (χ0v) is 11.8. The van der Waals surface area contributed by atoms with E-state index in [2.05, 4.69) is 34.8 Å². The molecule has 0 unspecified atom stereocenters. The minimum Gasteiger partial charge on any atom is -0.131 e. The van der Waals surface area contributed by atoms with Crippen LogP contribution in [-0.4, -0.2) is 68.7 Å². The maximum atomic E-state index is 3.97. The van der Waals surface area contributed by atoms with Gasteiger partial charge >= 0.3 is 0 Å². The van der Waals surface area contributed by atoms with E-state index in [0.717, 1.165) is 4.21 Å². The van der Waals surface area contributed by atoms with E-state index in [1.165, 1.54) is 11.5 Å². The van der Waals surface area contributed by atoms with Crippen LogP contribution in [0.2, 0.25) is 0 Å². The molecule has 0 saturated heterocycles. The minimum atomic E-state index is 0. The van der Waals surface area contributed by atoms with Crippen molar-refractivity contribution >= 4 is 95.9 Å². The van der Waals surface area contributed by atoms with Gasteiger partial charge < -0.3 is 0 Å². The van der Waals surface area contributed by atoms with Crippen molar-refractivity contribution in [3.63, 3.8) is 0 Å². The molecule has 0 amide bonds. The molecule has 9 heavy (non-hydrogen) atoms. The fraction of sp³-hybridized carbons (Fsp3) is 0. The molecule has 0 aliphatic heterocycles. The van der Waals surface area contributed by atoms with E-state index in [0.29, 0.717) is 5.03 Å². The summed E-state index contributed by atoms with van der Waals surface area (Å²) < 4.78 is 4.33. The summed E-state index contributed by atoms with van der Waals surface area (Å²) in [5, 5.41) is 4.18. The molecule has 0 fully saturated rings. The first-order valence-corrected chi connectivity index (χ1v) is 3.18. The van der Waals surface area contributed by atoms with E-state index >= 15 is 0 Å².